The Kier molecular flexibility index (Phi) is 9.14. The van der Waals surface area contributed by atoms with E-state index in [4.69, 9.17) is 4.74 Å². The van der Waals surface area contributed by atoms with Gasteiger partial charge in [0.05, 0.1) is 6.61 Å². The third kappa shape index (κ3) is 8.50. The van der Waals surface area contributed by atoms with Gasteiger partial charge in [-0.15, -0.1) is 0 Å². The summed E-state index contributed by atoms with van der Waals surface area (Å²) in [6, 6.07) is 0.145. The second kappa shape index (κ2) is 9.89. The van der Waals surface area contributed by atoms with Crippen molar-refractivity contribution in [2.75, 3.05) is 33.4 Å². The molecule has 0 radical (unpaired) electrons. The van der Waals surface area contributed by atoms with Gasteiger partial charge in [0.25, 0.3) is 0 Å². The summed E-state index contributed by atoms with van der Waals surface area (Å²) in [5.74, 6) is 0.549. The van der Waals surface area contributed by atoms with Crippen LogP contribution >= 0.6 is 0 Å². The summed E-state index contributed by atoms with van der Waals surface area (Å²) in [4.78, 5) is 15.4. The molecule has 1 amide bonds. The number of nitrogens with one attached hydrogen (secondary N) is 3. The van der Waals surface area contributed by atoms with Crippen molar-refractivity contribution < 1.29 is 9.53 Å². The van der Waals surface area contributed by atoms with Gasteiger partial charge in [-0.1, -0.05) is 0 Å². The molecule has 1 atom stereocenters. The van der Waals surface area contributed by atoms with Crippen LogP contribution in [0.4, 0.5) is 0 Å². The highest BCUT2D eigenvalue weighted by molar-refractivity contribution is 5.84. The highest BCUT2D eigenvalue weighted by Gasteiger charge is 2.05. The topological polar surface area (TPSA) is 74.8 Å². The zero-order valence-corrected chi connectivity index (χ0v) is 11.2. The van der Waals surface area contributed by atoms with E-state index in [0.29, 0.717) is 19.1 Å². The molecule has 0 saturated heterocycles. The summed E-state index contributed by atoms with van der Waals surface area (Å²) in [6.45, 7) is 7.94. The Hall–Kier alpha value is -1.30. The first-order chi connectivity index (χ1) is 8.13. The summed E-state index contributed by atoms with van der Waals surface area (Å²) in [5, 5.41) is 8.92. The standard InChI is InChI=1S/C11H24N4O2/c1-5-12-10(16)7-14-11(13-6-2)15-9(3)8-17-4/h9H,5-8H2,1-4H3,(H,12,16)(H2,13,14,15). The fourth-order valence-electron chi connectivity index (χ4n) is 1.25. The van der Waals surface area contributed by atoms with Crippen molar-refractivity contribution in [1.29, 1.82) is 0 Å². The molecule has 0 aliphatic heterocycles. The third-order valence-electron chi connectivity index (χ3n) is 1.90. The van der Waals surface area contributed by atoms with E-state index in [9.17, 15) is 4.79 Å². The molecule has 0 heterocycles. The van der Waals surface area contributed by atoms with Crippen LogP contribution < -0.4 is 16.0 Å². The summed E-state index contributed by atoms with van der Waals surface area (Å²) in [5.41, 5.74) is 0. The molecular formula is C11H24N4O2. The van der Waals surface area contributed by atoms with Gasteiger partial charge in [-0.25, -0.2) is 4.99 Å². The molecule has 100 valence electrons. The van der Waals surface area contributed by atoms with Crippen LogP contribution in [-0.4, -0.2) is 51.3 Å². The lowest BCUT2D eigenvalue weighted by Gasteiger charge is -2.16. The number of guanidine groups is 1. The monoisotopic (exact) mass is 244 g/mol. The largest absolute Gasteiger partial charge is 0.383 e. The number of amides is 1. The van der Waals surface area contributed by atoms with E-state index in [1.54, 1.807) is 7.11 Å². The molecule has 0 bridgehead atoms. The van der Waals surface area contributed by atoms with Crippen molar-refractivity contribution >= 4 is 11.9 Å². The maximum atomic E-state index is 11.3. The highest BCUT2D eigenvalue weighted by Crippen LogP contribution is 1.83. The van der Waals surface area contributed by atoms with Gasteiger partial charge < -0.3 is 20.7 Å². The molecule has 0 aromatic rings. The molecule has 0 rings (SSSR count). The van der Waals surface area contributed by atoms with Gasteiger partial charge >= 0.3 is 0 Å². The normalized spacial score (nSPS) is 13.1. The number of likely N-dealkylation sites (N-methyl/N-ethyl adjacent to an activating group) is 1. The number of rotatable bonds is 7. The number of nitrogens with zero attached hydrogens (tertiary/aromatic N) is 1. The summed E-state index contributed by atoms with van der Waals surface area (Å²) in [7, 11) is 1.65. The SMILES string of the molecule is CCNC(=O)CN=C(NCC)NC(C)COC. The smallest absolute Gasteiger partial charge is 0.241 e. The average molecular weight is 244 g/mol. The van der Waals surface area contributed by atoms with E-state index in [-0.39, 0.29) is 18.5 Å². The number of methoxy groups -OCH3 is 1. The van der Waals surface area contributed by atoms with Crippen LogP contribution in [-0.2, 0) is 9.53 Å². The third-order valence-corrected chi connectivity index (χ3v) is 1.90. The summed E-state index contributed by atoms with van der Waals surface area (Å²) in [6.07, 6.45) is 0. The van der Waals surface area contributed by atoms with E-state index in [0.717, 1.165) is 6.54 Å². The Labute approximate surface area is 103 Å². The van der Waals surface area contributed by atoms with Crippen molar-refractivity contribution in [1.82, 2.24) is 16.0 Å². The Morgan fingerprint density at radius 1 is 1.29 bits per heavy atom. The van der Waals surface area contributed by atoms with E-state index in [2.05, 4.69) is 20.9 Å². The number of aliphatic imine (C=N–C) groups is 1. The molecular weight excluding hydrogens is 220 g/mol. The van der Waals surface area contributed by atoms with Crippen molar-refractivity contribution in [2.45, 2.75) is 26.8 Å². The maximum Gasteiger partial charge on any atom is 0.241 e. The quantitative estimate of drug-likeness (QED) is 0.425. The van der Waals surface area contributed by atoms with Crippen molar-refractivity contribution in [2.24, 2.45) is 4.99 Å². The van der Waals surface area contributed by atoms with E-state index in [1.165, 1.54) is 0 Å². The molecule has 0 aromatic heterocycles. The Morgan fingerprint density at radius 3 is 2.47 bits per heavy atom. The second-order valence-corrected chi connectivity index (χ2v) is 3.65. The molecule has 0 aliphatic rings. The minimum Gasteiger partial charge on any atom is -0.383 e. The molecule has 0 fully saturated rings. The second-order valence-electron chi connectivity index (χ2n) is 3.65. The number of hydrogen-bond acceptors (Lipinski definition) is 3. The van der Waals surface area contributed by atoms with E-state index < -0.39 is 0 Å². The maximum absolute atomic E-state index is 11.3. The van der Waals surface area contributed by atoms with Crippen LogP contribution in [0.25, 0.3) is 0 Å². The van der Waals surface area contributed by atoms with E-state index in [1.807, 2.05) is 20.8 Å². The van der Waals surface area contributed by atoms with Gasteiger partial charge in [0.1, 0.15) is 6.54 Å². The van der Waals surface area contributed by atoms with Crippen molar-refractivity contribution in [3.63, 3.8) is 0 Å². The fourth-order valence-corrected chi connectivity index (χ4v) is 1.25. The van der Waals surface area contributed by atoms with Crippen molar-refractivity contribution in [3.05, 3.63) is 0 Å². The molecule has 0 aliphatic carbocycles. The first-order valence-electron chi connectivity index (χ1n) is 5.94. The highest BCUT2D eigenvalue weighted by atomic mass is 16.5. The van der Waals surface area contributed by atoms with Gasteiger partial charge in [0.15, 0.2) is 5.96 Å². The predicted octanol–water partition coefficient (Wildman–Crippen LogP) is -0.287. The molecule has 0 spiro atoms. The zero-order valence-electron chi connectivity index (χ0n) is 11.2. The zero-order chi connectivity index (χ0) is 13.1. The average Bonchev–Trinajstić information content (AvgIpc) is 2.27. The Bertz CT molecular complexity index is 244. The molecule has 6 nitrogen and oxygen atoms in total. The summed E-state index contributed by atoms with van der Waals surface area (Å²) >= 11 is 0. The number of hydrogen-bond donors (Lipinski definition) is 3. The molecule has 3 N–H and O–H groups in total. The van der Waals surface area contributed by atoms with Gasteiger partial charge in [-0.05, 0) is 20.8 Å². The Balaban J connectivity index is 4.19. The minimum absolute atomic E-state index is 0.0795. The van der Waals surface area contributed by atoms with Gasteiger partial charge in [0, 0.05) is 26.2 Å². The molecule has 6 heteroatoms. The van der Waals surface area contributed by atoms with Gasteiger partial charge in [-0.2, -0.15) is 0 Å². The van der Waals surface area contributed by atoms with Crippen LogP contribution in [0.15, 0.2) is 4.99 Å². The molecule has 0 aromatic carbocycles. The van der Waals surface area contributed by atoms with Crippen LogP contribution in [0, 0.1) is 0 Å². The van der Waals surface area contributed by atoms with Crippen LogP contribution in [0.2, 0.25) is 0 Å². The minimum atomic E-state index is -0.0795. The van der Waals surface area contributed by atoms with Crippen LogP contribution in [0.3, 0.4) is 0 Å². The van der Waals surface area contributed by atoms with E-state index >= 15 is 0 Å². The summed E-state index contributed by atoms with van der Waals surface area (Å²) < 4.78 is 5.02. The Morgan fingerprint density at radius 2 is 1.94 bits per heavy atom. The number of ether oxygens (including phenoxy) is 1. The molecule has 1 unspecified atom stereocenters. The van der Waals surface area contributed by atoms with Crippen LogP contribution in [0.1, 0.15) is 20.8 Å². The van der Waals surface area contributed by atoms with Crippen LogP contribution in [0.5, 0.6) is 0 Å². The first kappa shape index (κ1) is 15.7. The fraction of sp³-hybridized carbons (Fsp3) is 0.818. The predicted molar refractivity (Wildman–Crippen MR) is 69.1 cm³/mol. The van der Waals surface area contributed by atoms with Gasteiger partial charge in [-0.3, -0.25) is 4.79 Å². The van der Waals surface area contributed by atoms with Gasteiger partial charge in [0.2, 0.25) is 5.91 Å². The van der Waals surface area contributed by atoms with Crippen molar-refractivity contribution in [3.8, 4) is 0 Å². The number of carbonyl (C=O) groups excluding carboxylic acids is 1. The lowest BCUT2D eigenvalue weighted by molar-refractivity contribution is -0.119. The molecule has 0 saturated carbocycles. The number of carbonyl (C=O) groups is 1. The lowest BCUT2D eigenvalue weighted by atomic mass is 10.4. The lowest BCUT2D eigenvalue weighted by Crippen LogP contribution is -2.44. The molecule has 17 heavy (non-hydrogen) atoms. The first-order valence-corrected chi connectivity index (χ1v) is 5.94.